The molecule has 1 aromatic heterocycles. The Labute approximate surface area is 146 Å². The van der Waals surface area contributed by atoms with Crippen molar-refractivity contribution in [3.05, 3.63) is 52.4 Å². The Hall–Kier alpha value is -2.76. The summed E-state index contributed by atoms with van der Waals surface area (Å²) in [6, 6.07) is 9.42. The fourth-order valence-electron chi connectivity index (χ4n) is 2.98. The van der Waals surface area contributed by atoms with Crippen LogP contribution in [0.4, 0.5) is 5.69 Å². The molecule has 25 heavy (non-hydrogen) atoms. The first-order valence-electron chi connectivity index (χ1n) is 8.58. The van der Waals surface area contributed by atoms with Gasteiger partial charge in [0.1, 0.15) is 0 Å². The van der Waals surface area contributed by atoms with E-state index in [0.29, 0.717) is 0 Å². The third-order valence-corrected chi connectivity index (χ3v) is 4.37. The number of nitrogens with zero attached hydrogens (tertiary/aromatic N) is 4. The summed E-state index contributed by atoms with van der Waals surface area (Å²) in [6.45, 7) is 2.18. The Morgan fingerprint density at radius 1 is 1.12 bits per heavy atom. The van der Waals surface area contributed by atoms with Crippen molar-refractivity contribution in [3.8, 4) is 5.69 Å². The molecular weight excluding hydrogens is 316 g/mol. The number of rotatable bonds is 5. The van der Waals surface area contributed by atoms with Gasteiger partial charge in [0, 0.05) is 50.7 Å². The van der Waals surface area contributed by atoms with E-state index in [1.165, 1.54) is 37.2 Å². The van der Waals surface area contributed by atoms with Crippen LogP contribution < -0.4 is 10.3 Å². The van der Waals surface area contributed by atoms with Crippen molar-refractivity contribution in [2.24, 2.45) is 4.99 Å². The second-order valence-corrected chi connectivity index (χ2v) is 6.11. The maximum Gasteiger partial charge on any atom is 0.211 e. The number of Topliss-reactive ketones (excluding diaryl/α,β-unsaturated/α-hetero) is 1. The van der Waals surface area contributed by atoms with Crippen molar-refractivity contribution in [3.63, 3.8) is 0 Å². The summed E-state index contributed by atoms with van der Waals surface area (Å²) in [5.41, 5.74) is 1.59. The van der Waals surface area contributed by atoms with Gasteiger partial charge in [-0.1, -0.05) is 0 Å². The number of ketones is 1. The molecule has 0 spiro atoms. The number of benzene rings is 1. The highest BCUT2D eigenvalue weighted by atomic mass is 16.1. The van der Waals surface area contributed by atoms with Crippen LogP contribution in [0, 0.1) is 0 Å². The van der Waals surface area contributed by atoms with Crippen molar-refractivity contribution in [1.82, 2.24) is 9.78 Å². The molecule has 0 bridgehead atoms. The fourth-order valence-corrected chi connectivity index (χ4v) is 2.98. The molecule has 3 rings (SSSR count). The lowest BCUT2D eigenvalue weighted by Gasteiger charge is -2.28. The van der Waals surface area contributed by atoms with Gasteiger partial charge in [0.15, 0.2) is 11.5 Å². The van der Waals surface area contributed by atoms with Crippen molar-refractivity contribution in [1.29, 1.82) is 0 Å². The minimum atomic E-state index is -0.365. The van der Waals surface area contributed by atoms with E-state index in [2.05, 4.69) is 27.1 Å². The Bertz CT molecular complexity index is 818. The van der Waals surface area contributed by atoms with Gasteiger partial charge in [0.25, 0.3) is 0 Å². The Balaban J connectivity index is 1.84. The molecule has 130 valence electrons. The minimum absolute atomic E-state index is 0.0532. The molecule has 0 saturated carbocycles. The highest BCUT2D eigenvalue weighted by molar-refractivity contribution is 6.02. The lowest BCUT2D eigenvalue weighted by atomic mass is 10.1. The van der Waals surface area contributed by atoms with Crippen molar-refractivity contribution >= 4 is 17.7 Å². The second kappa shape index (κ2) is 7.88. The van der Waals surface area contributed by atoms with Crippen LogP contribution >= 0.6 is 0 Å². The molecular formula is C19H22N4O2. The smallest absolute Gasteiger partial charge is 0.211 e. The van der Waals surface area contributed by atoms with Gasteiger partial charge in [-0.05, 0) is 43.5 Å². The number of piperidine rings is 1. The number of carbonyl (C=O) groups excluding carboxylic acids is 1. The SMILES string of the molecule is CN=CCC(=O)c1nn(-c2ccc(N3CCCCC3)cc2)ccc1=O. The van der Waals surface area contributed by atoms with E-state index in [1.807, 2.05) is 12.1 Å². The third-order valence-electron chi connectivity index (χ3n) is 4.37. The zero-order valence-corrected chi connectivity index (χ0v) is 14.4. The van der Waals surface area contributed by atoms with Crippen LogP contribution in [0.25, 0.3) is 5.69 Å². The standard InChI is InChI=1S/C19H22N4O2/c1-20-11-9-17(24)19-18(25)10-14-23(21-19)16-7-5-15(6-8-16)22-12-3-2-4-13-22/h5-8,10-11,14H,2-4,9,12-13H2,1H3. The Morgan fingerprint density at radius 3 is 2.48 bits per heavy atom. The van der Waals surface area contributed by atoms with Crippen LogP contribution in [0.2, 0.25) is 0 Å². The molecule has 0 unspecified atom stereocenters. The van der Waals surface area contributed by atoms with Crippen LogP contribution in [0.3, 0.4) is 0 Å². The quantitative estimate of drug-likeness (QED) is 0.620. The molecule has 0 N–H and O–H groups in total. The summed E-state index contributed by atoms with van der Waals surface area (Å²) in [4.78, 5) is 30.2. The molecule has 0 atom stereocenters. The predicted octanol–water partition coefficient (Wildman–Crippen LogP) is 2.50. The molecule has 6 nitrogen and oxygen atoms in total. The number of hydrogen-bond donors (Lipinski definition) is 0. The van der Waals surface area contributed by atoms with Crippen molar-refractivity contribution in [2.45, 2.75) is 25.7 Å². The average Bonchev–Trinajstić information content (AvgIpc) is 2.67. The number of anilines is 1. The molecule has 1 fully saturated rings. The summed E-state index contributed by atoms with van der Waals surface area (Å²) in [6.07, 6.45) is 6.91. The van der Waals surface area contributed by atoms with Gasteiger partial charge in [-0.15, -0.1) is 0 Å². The van der Waals surface area contributed by atoms with Crippen LogP contribution in [0.5, 0.6) is 0 Å². The molecule has 1 aliphatic heterocycles. The van der Waals surface area contributed by atoms with E-state index >= 15 is 0 Å². The normalized spacial score (nSPS) is 14.8. The van der Waals surface area contributed by atoms with E-state index < -0.39 is 0 Å². The van der Waals surface area contributed by atoms with Crippen LogP contribution in [-0.4, -0.2) is 41.9 Å². The lowest BCUT2D eigenvalue weighted by molar-refractivity contribution is 0.0994. The first-order chi connectivity index (χ1) is 12.2. The highest BCUT2D eigenvalue weighted by Gasteiger charge is 2.13. The molecule has 0 amide bonds. The Morgan fingerprint density at radius 2 is 1.80 bits per heavy atom. The molecule has 1 aromatic carbocycles. The molecule has 6 heteroatoms. The minimum Gasteiger partial charge on any atom is -0.372 e. The number of aromatic nitrogens is 2. The molecule has 1 saturated heterocycles. The van der Waals surface area contributed by atoms with Crippen molar-refractivity contribution < 1.29 is 4.79 Å². The van der Waals surface area contributed by atoms with Gasteiger partial charge in [0.2, 0.25) is 5.43 Å². The zero-order valence-electron chi connectivity index (χ0n) is 14.4. The zero-order chi connectivity index (χ0) is 17.6. The summed E-state index contributed by atoms with van der Waals surface area (Å²) >= 11 is 0. The topological polar surface area (TPSA) is 67.6 Å². The Kier molecular flexibility index (Phi) is 5.38. The van der Waals surface area contributed by atoms with E-state index in [-0.39, 0.29) is 23.3 Å². The summed E-state index contributed by atoms with van der Waals surface area (Å²) in [5, 5.41) is 4.22. The maximum absolute atomic E-state index is 12.1. The molecule has 2 aromatic rings. The number of aliphatic imine (C=N–C) groups is 1. The lowest BCUT2D eigenvalue weighted by Crippen LogP contribution is -2.29. The van der Waals surface area contributed by atoms with Gasteiger partial charge in [0.05, 0.1) is 5.69 Å². The average molecular weight is 338 g/mol. The maximum atomic E-state index is 12.1. The van der Waals surface area contributed by atoms with Gasteiger partial charge in [-0.25, -0.2) is 4.68 Å². The predicted molar refractivity (Wildman–Crippen MR) is 99.3 cm³/mol. The van der Waals surface area contributed by atoms with Crippen molar-refractivity contribution in [2.75, 3.05) is 25.0 Å². The van der Waals surface area contributed by atoms with Crippen LogP contribution in [-0.2, 0) is 0 Å². The summed E-state index contributed by atoms with van der Waals surface area (Å²) < 4.78 is 1.57. The largest absolute Gasteiger partial charge is 0.372 e. The van der Waals surface area contributed by atoms with Gasteiger partial charge in [-0.3, -0.25) is 9.59 Å². The van der Waals surface area contributed by atoms with E-state index in [0.717, 1.165) is 18.8 Å². The summed E-state index contributed by atoms with van der Waals surface area (Å²) in [5.74, 6) is -0.324. The van der Waals surface area contributed by atoms with E-state index in [1.54, 1.807) is 17.9 Å². The molecule has 0 radical (unpaired) electrons. The summed E-state index contributed by atoms with van der Waals surface area (Å²) in [7, 11) is 1.59. The monoisotopic (exact) mass is 338 g/mol. The van der Waals surface area contributed by atoms with E-state index in [9.17, 15) is 9.59 Å². The second-order valence-electron chi connectivity index (χ2n) is 6.11. The number of hydrogen-bond acceptors (Lipinski definition) is 5. The molecule has 1 aliphatic rings. The third kappa shape index (κ3) is 4.02. The molecule has 0 aliphatic carbocycles. The fraction of sp³-hybridized carbons (Fsp3) is 0.368. The number of carbonyl (C=O) groups is 1. The first-order valence-corrected chi connectivity index (χ1v) is 8.58. The van der Waals surface area contributed by atoms with E-state index in [4.69, 9.17) is 0 Å². The van der Waals surface area contributed by atoms with Gasteiger partial charge >= 0.3 is 0 Å². The van der Waals surface area contributed by atoms with Crippen LogP contribution in [0.15, 0.2) is 46.3 Å². The highest BCUT2D eigenvalue weighted by Crippen LogP contribution is 2.21. The first kappa shape index (κ1) is 17.1. The van der Waals surface area contributed by atoms with Gasteiger partial charge in [-0.2, -0.15) is 5.10 Å². The van der Waals surface area contributed by atoms with Crippen LogP contribution in [0.1, 0.15) is 36.2 Å². The van der Waals surface area contributed by atoms with Gasteiger partial charge < -0.3 is 9.89 Å². The molecule has 2 heterocycles.